The molecule has 1 aromatic heterocycles. The number of methoxy groups -OCH3 is 2. The SMILES string of the molecule is COc1cc(NC(=O)c2ccco2)c(C(=O)OCC(=O)Nc2ccc3c(c2)C(=O)c2ccccc2C3=O)cc1OC. The number of esters is 1. The molecule has 41 heavy (non-hydrogen) atoms. The third-order valence-electron chi connectivity index (χ3n) is 6.28. The van der Waals surface area contributed by atoms with Gasteiger partial charge in [-0.15, -0.1) is 0 Å². The van der Waals surface area contributed by atoms with Crippen molar-refractivity contribution < 1.29 is 42.6 Å². The molecule has 0 saturated heterocycles. The average Bonchev–Trinajstić information content (AvgIpc) is 3.54. The topological polar surface area (TPSA) is 150 Å². The number of carbonyl (C=O) groups is 5. The molecule has 2 N–H and O–H groups in total. The first-order chi connectivity index (χ1) is 19.8. The molecule has 0 bridgehead atoms. The van der Waals surface area contributed by atoms with Crippen molar-refractivity contribution in [3.63, 3.8) is 0 Å². The highest BCUT2D eigenvalue weighted by Crippen LogP contribution is 2.34. The van der Waals surface area contributed by atoms with Gasteiger partial charge in [-0.2, -0.15) is 0 Å². The Labute approximate surface area is 233 Å². The van der Waals surface area contributed by atoms with Gasteiger partial charge in [0, 0.05) is 40.1 Å². The van der Waals surface area contributed by atoms with Gasteiger partial charge in [-0.25, -0.2) is 4.79 Å². The Bertz CT molecular complexity index is 1710. The van der Waals surface area contributed by atoms with E-state index >= 15 is 0 Å². The van der Waals surface area contributed by atoms with Crippen molar-refractivity contribution in [1.29, 1.82) is 0 Å². The van der Waals surface area contributed by atoms with Crippen LogP contribution >= 0.6 is 0 Å². The summed E-state index contributed by atoms with van der Waals surface area (Å²) >= 11 is 0. The summed E-state index contributed by atoms with van der Waals surface area (Å²) in [4.78, 5) is 63.9. The van der Waals surface area contributed by atoms with Crippen LogP contribution in [0, 0.1) is 0 Å². The van der Waals surface area contributed by atoms with E-state index in [1.54, 1.807) is 24.3 Å². The first-order valence-electron chi connectivity index (χ1n) is 12.2. The number of nitrogens with one attached hydrogen (secondary N) is 2. The van der Waals surface area contributed by atoms with Gasteiger partial charge in [-0.05, 0) is 30.3 Å². The lowest BCUT2D eigenvalue weighted by Crippen LogP contribution is -2.23. The molecule has 0 atom stereocenters. The number of benzene rings is 3. The summed E-state index contributed by atoms with van der Waals surface area (Å²) in [7, 11) is 2.76. The van der Waals surface area contributed by atoms with Crippen LogP contribution in [-0.2, 0) is 9.53 Å². The smallest absolute Gasteiger partial charge is 0.340 e. The lowest BCUT2D eigenvalue weighted by atomic mass is 9.84. The number of ketones is 2. The summed E-state index contributed by atoms with van der Waals surface area (Å²) < 4.78 is 20.8. The number of fused-ring (bicyclic) bond motifs is 2. The van der Waals surface area contributed by atoms with Gasteiger partial charge in [-0.3, -0.25) is 19.2 Å². The van der Waals surface area contributed by atoms with Crippen molar-refractivity contribution in [2.45, 2.75) is 0 Å². The van der Waals surface area contributed by atoms with E-state index in [1.165, 1.54) is 62.9 Å². The van der Waals surface area contributed by atoms with Crippen molar-refractivity contribution in [2.75, 3.05) is 31.5 Å². The summed E-state index contributed by atoms with van der Waals surface area (Å²) in [5, 5.41) is 5.12. The van der Waals surface area contributed by atoms with Gasteiger partial charge in [0.2, 0.25) is 0 Å². The average molecular weight is 555 g/mol. The number of anilines is 2. The number of ether oxygens (including phenoxy) is 3. The van der Waals surface area contributed by atoms with Gasteiger partial charge < -0.3 is 29.3 Å². The first kappa shape index (κ1) is 26.9. The summed E-state index contributed by atoms with van der Waals surface area (Å²) in [5.41, 5.74) is 1.17. The number of hydrogen-bond donors (Lipinski definition) is 2. The fourth-order valence-electron chi connectivity index (χ4n) is 4.33. The molecule has 11 heteroatoms. The second-order valence-electron chi connectivity index (χ2n) is 8.77. The monoisotopic (exact) mass is 554 g/mol. The van der Waals surface area contributed by atoms with Crippen LogP contribution in [0.25, 0.3) is 0 Å². The highest BCUT2D eigenvalue weighted by atomic mass is 16.5. The molecule has 1 heterocycles. The van der Waals surface area contributed by atoms with Crippen LogP contribution in [0.4, 0.5) is 11.4 Å². The minimum absolute atomic E-state index is 0.00667. The van der Waals surface area contributed by atoms with E-state index in [1.807, 2.05) is 0 Å². The van der Waals surface area contributed by atoms with Crippen molar-refractivity contribution in [1.82, 2.24) is 0 Å². The first-order valence-corrected chi connectivity index (χ1v) is 12.2. The Morgan fingerprint density at radius 1 is 0.756 bits per heavy atom. The van der Waals surface area contributed by atoms with Crippen molar-refractivity contribution in [2.24, 2.45) is 0 Å². The molecule has 1 aliphatic carbocycles. The molecule has 3 aromatic carbocycles. The summed E-state index contributed by atoms with van der Waals surface area (Å²) in [6, 6.07) is 16.5. The maximum Gasteiger partial charge on any atom is 0.340 e. The number of amides is 2. The molecule has 11 nitrogen and oxygen atoms in total. The fraction of sp³-hybridized carbons (Fsp3) is 0.100. The Morgan fingerprint density at radius 3 is 2.07 bits per heavy atom. The molecule has 2 amide bonds. The normalized spacial score (nSPS) is 11.7. The van der Waals surface area contributed by atoms with Gasteiger partial charge in [-0.1, -0.05) is 24.3 Å². The molecule has 1 aliphatic rings. The van der Waals surface area contributed by atoms with Crippen molar-refractivity contribution in [3.8, 4) is 11.5 Å². The maximum atomic E-state index is 13.0. The minimum atomic E-state index is -0.932. The van der Waals surface area contributed by atoms with E-state index in [0.29, 0.717) is 5.56 Å². The molecule has 0 radical (unpaired) electrons. The van der Waals surface area contributed by atoms with E-state index in [9.17, 15) is 24.0 Å². The molecule has 206 valence electrons. The molecule has 5 rings (SSSR count). The Hall–Kier alpha value is -5.71. The van der Waals surface area contributed by atoms with E-state index < -0.39 is 24.4 Å². The Morgan fingerprint density at radius 2 is 1.41 bits per heavy atom. The zero-order chi connectivity index (χ0) is 29.1. The van der Waals surface area contributed by atoms with Crippen LogP contribution < -0.4 is 20.1 Å². The fourth-order valence-corrected chi connectivity index (χ4v) is 4.33. The van der Waals surface area contributed by atoms with Crippen LogP contribution in [0.3, 0.4) is 0 Å². The summed E-state index contributed by atoms with van der Waals surface area (Å²) in [6.07, 6.45) is 1.33. The van der Waals surface area contributed by atoms with Crippen LogP contribution in [-0.4, -0.2) is 50.2 Å². The van der Waals surface area contributed by atoms with Gasteiger partial charge in [0.15, 0.2) is 35.4 Å². The molecule has 0 unspecified atom stereocenters. The van der Waals surface area contributed by atoms with Crippen LogP contribution in [0.2, 0.25) is 0 Å². The standard InChI is InChI=1S/C30H22N2O9/c1-38-24-13-21(22(14-25(24)39-2)32-29(36)23-8-5-11-40-23)30(37)41-15-26(33)31-16-9-10-19-20(12-16)28(35)18-7-4-3-6-17(18)27(19)34/h3-14H,15H2,1-2H3,(H,31,33)(H,32,36). The zero-order valence-electron chi connectivity index (χ0n) is 21.8. The molecule has 0 spiro atoms. The summed E-state index contributed by atoms with van der Waals surface area (Å²) in [5.74, 6) is -2.45. The number of furan rings is 1. The molecule has 0 aliphatic heterocycles. The maximum absolute atomic E-state index is 13.0. The second kappa shape index (κ2) is 11.2. The largest absolute Gasteiger partial charge is 0.493 e. The third-order valence-corrected chi connectivity index (χ3v) is 6.28. The van der Waals surface area contributed by atoms with Crippen molar-refractivity contribution >= 4 is 40.7 Å². The quantitative estimate of drug-likeness (QED) is 0.270. The predicted molar refractivity (Wildman–Crippen MR) is 145 cm³/mol. The van der Waals surface area contributed by atoms with Crippen LogP contribution in [0.5, 0.6) is 11.5 Å². The second-order valence-corrected chi connectivity index (χ2v) is 8.77. The third kappa shape index (κ3) is 5.28. The molecular formula is C30H22N2O9. The lowest BCUT2D eigenvalue weighted by Gasteiger charge is -2.18. The predicted octanol–water partition coefficient (Wildman–Crippen LogP) is 4.12. The number of rotatable bonds is 8. The molecule has 0 fully saturated rings. The molecule has 4 aromatic rings. The van der Waals surface area contributed by atoms with Gasteiger partial charge in [0.05, 0.1) is 31.7 Å². The Kier molecular flexibility index (Phi) is 7.33. The van der Waals surface area contributed by atoms with Crippen LogP contribution in [0.15, 0.2) is 77.4 Å². The molecule has 0 saturated carbocycles. The summed E-state index contributed by atoms with van der Waals surface area (Å²) in [6.45, 7) is -0.689. The highest BCUT2D eigenvalue weighted by molar-refractivity contribution is 6.28. The number of carbonyl (C=O) groups excluding carboxylic acids is 5. The minimum Gasteiger partial charge on any atom is -0.493 e. The van der Waals surface area contributed by atoms with Gasteiger partial charge >= 0.3 is 5.97 Å². The number of hydrogen-bond acceptors (Lipinski definition) is 9. The van der Waals surface area contributed by atoms with Gasteiger partial charge in [0.1, 0.15) is 0 Å². The van der Waals surface area contributed by atoms with E-state index in [-0.39, 0.29) is 62.5 Å². The van der Waals surface area contributed by atoms with E-state index in [0.717, 1.165) is 0 Å². The van der Waals surface area contributed by atoms with Gasteiger partial charge in [0.25, 0.3) is 11.8 Å². The van der Waals surface area contributed by atoms with E-state index in [2.05, 4.69) is 10.6 Å². The van der Waals surface area contributed by atoms with Crippen LogP contribution in [0.1, 0.15) is 52.8 Å². The van der Waals surface area contributed by atoms with Crippen molar-refractivity contribution in [3.05, 3.63) is 107 Å². The highest BCUT2D eigenvalue weighted by Gasteiger charge is 2.29. The lowest BCUT2D eigenvalue weighted by molar-refractivity contribution is -0.119. The zero-order valence-corrected chi connectivity index (χ0v) is 21.8. The van der Waals surface area contributed by atoms with E-state index in [4.69, 9.17) is 18.6 Å². The Balaban J connectivity index is 1.30. The molecular weight excluding hydrogens is 532 g/mol.